The van der Waals surface area contributed by atoms with E-state index in [1.807, 2.05) is 19.1 Å². The summed E-state index contributed by atoms with van der Waals surface area (Å²) in [5.41, 5.74) is 1.09. The minimum absolute atomic E-state index is 0.117. The highest BCUT2D eigenvalue weighted by Gasteiger charge is 2.34. The van der Waals surface area contributed by atoms with E-state index in [0.29, 0.717) is 10.8 Å². The van der Waals surface area contributed by atoms with Crippen LogP contribution in [0.3, 0.4) is 0 Å². The summed E-state index contributed by atoms with van der Waals surface area (Å²) >= 11 is 0. The fraction of sp³-hybridized carbons (Fsp3) is 0.600. The Balaban J connectivity index is 2.08. The lowest BCUT2D eigenvalue weighted by atomic mass is 10.2. The molecule has 1 aromatic carbocycles. The fourth-order valence-electron chi connectivity index (χ4n) is 2.27. The summed E-state index contributed by atoms with van der Waals surface area (Å²) in [6.45, 7) is 4.96. The molecule has 4 heteroatoms. The van der Waals surface area contributed by atoms with Crippen molar-refractivity contribution in [2.24, 2.45) is 5.92 Å². The zero-order chi connectivity index (χ0) is 13.9. The van der Waals surface area contributed by atoms with Crippen molar-refractivity contribution in [1.82, 2.24) is 5.32 Å². The van der Waals surface area contributed by atoms with Gasteiger partial charge in [-0.1, -0.05) is 24.6 Å². The van der Waals surface area contributed by atoms with Gasteiger partial charge in [0.25, 0.3) is 0 Å². The molecule has 0 aliphatic heterocycles. The van der Waals surface area contributed by atoms with E-state index in [1.54, 1.807) is 12.1 Å². The van der Waals surface area contributed by atoms with Crippen LogP contribution in [-0.4, -0.2) is 26.8 Å². The summed E-state index contributed by atoms with van der Waals surface area (Å²) in [6.07, 6.45) is 3.35. The molecule has 1 N–H and O–H groups in total. The summed E-state index contributed by atoms with van der Waals surface area (Å²) in [4.78, 5) is 0.446. The summed E-state index contributed by atoms with van der Waals surface area (Å²) in [5, 5.41) is 3.39. The van der Waals surface area contributed by atoms with Crippen molar-refractivity contribution in [3.63, 3.8) is 0 Å². The van der Waals surface area contributed by atoms with Gasteiger partial charge in [-0.3, -0.25) is 0 Å². The Labute approximate surface area is 116 Å². The van der Waals surface area contributed by atoms with E-state index in [2.05, 4.69) is 12.2 Å². The van der Waals surface area contributed by atoms with E-state index in [1.165, 1.54) is 0 Å². The molecule has 19 heavy (non-hydrogen) atoms. The summed E-state index contributed by atoms with van der Waals surface area (Å²) in [7, 11) is -3.17. The molecule has 0 spiro atoms. The van der Waals surface area contributed by atoms with Gasteiger partial charge in [-0.15, -0.1) is 0 Å². The largest absolute Gasteiger partial charge is 0.313 e. The summed E-state index contributed by atoms with van der Waals surface area (Å²) in [6, 6.07) is 7.27. The van der Waals surface area contributed by atoms with Gasteiger partial charge in [0.1, 0.15) is 0 Å². The second-order valence-electron chi connectivity index (χ2n) is 5.49. The fourth-order valence-corrected chi connectivity index (χ4v) is 3.87. The molecule has 3 nitrogen and oxygen atoms in total. The van der Waals surface area contributed by atoms with Crippen molar-refractivity contribution in [1.29, 1.82) is 0 Å². The van der Waals surface area contributed by atoms with Gasteiger partial charge in [-0.2, -0.15) is 0 Å². The first kappa shape index (κ1) is 14.5. The van der Waals surface area contributed by atoms with Gasteiger partial charge in [0, 0.05) is 6.04 Å². The maximum atomic E-state index is 12.4. The predicted molar refractivity (Wildman–Crippen MR) is 78.0 cm³/mol. The van der Waals surface area contributed by atoms with Crippen LogP contribution in [0, 0.1) is 12.8 Å². The zero-order valence-corrected chi connectivity index (χ0v) is 12.5. The lowest BCUT2D eigenvalue weighted by molar-refractivity contribution is 0.489. The Hall–Kier alpha value is -0.870. The topological polar surface area (TPSA) is 46.2 Å². The number of nitrogens with one attached hydrogen (secondary N) is 1. The molecule has 1 atom stereocenters. The van der Waals surface area contributed by atoms with Crippen LogP contribution in [-0.2, 0) is 9.84 Å². The summed E-state index contributed by atoms with van der Waals surface area (Å²) in [5.74, 6) is 0.771. The minimum Gasteiger partial charge on any atom is -0.313 e. The molecule has 0 heterocycles. The molecule has 1 saturated carbocycles. The third-order valence-electron chi connectivity index (χ3n) is 3.63. The second-order valence-corrected chi connectivity index (χ2v) is 7.53. The van der Waals surface area contributed by atoms with Crippen molar-refractivity contribution >= 4 is 9.84 Å². The Morgan fingerprint density at radius 1 is 1.26 bits per heavy atom. The molecule has 0 amide bonds. The van der Waals surface area contributed by atoms with E-state index in [9.17, 15) is 8.42 Å². The average molecular weight is 281 g/mol. The van der Waals surface area contributed by atoms with Gasteiger partial charge in [-0.05, 0) is 50.8 Å². The number of sulfone groups is 1. The number of benzene rings is 1. The molecule has 0 aromatic heterocycles. The smallest absolute Gasteiger partial charge is 0.179 e. The molecule has 1 aliphatic rings. The Kier molecular flexibility index (Phi) is 4.63. The predicted octanol–water partition coefficient (Wildman–Crippen LogP) is 2.55. The standard InChI is InChI=1S/C15H23NO2S/c1-3-10-16-15(13-6-7-13)11-19(17,18)14-8-4-12(2)5-9-14/h4-5,8-9,13,15-16H,3,6-7,10-11H2,1-2H3. The molecule has 1 aromatic rings. The van der Waals surface area contributed by atoms with E-state index in [-0.39, 0.29) is 11.8 Å². The van der Waals surface area contributed by atoms with Crippen LogP contribution in [0.4, 0.5) is 0 Å². The van der Waals surface area contributed by atoms with E-state index >= 15 is 0 Å². The summed E-state index contributed by atoms with van der Waals surface area (Å²) < 4.78 is 24.8. The van der Waals surface area contributed by atoms with Gasteiger partial charge < -0.3 is 5.32 Å². The van der Waals surface area contributed by atoms with Crippen molar-refractivity contribution < 1.29 is 8.42 Å². The van der Waals surface area contributed by atoms with Gasteiger partial charge >= 0.3 is 0 Å². The molecule has 2 rings (SSSR count). The first-order valence-corrected chi connectivity index (χ1v) is 8.71. The Bertz CT molecular complexity index is 503. The Morgan fingerprint density at radius 3 is 2.42 bits per heavy atom. The number of rotatable bonds is 7. The van der Waals surface area contributed by atoms with Crippen LogP contribution in [0.5, 0.6) is 0 Å². The number of hydrogen-bond donors (Lipinski definition) is 1. The molecule has 106 valence electrons. The molecular weight excluding hydrogens is 258 g/mol. The highest BCUT2D eigenvalue weighted by atomic mass is 32.2. The third-order valence-corrected chi connectivity index (χ3v) is 5.41. The molecule has 0 bridgehead atoms. The average Bonchev–Trinajstić information content (AvgIpc) is 3.19. The van der Waals surface area contributed by atoms with Crippen LogP contribution in [0.15, 0.2) is 29.2 Å². The molecule has 1 aliphatic carbocycles. The zero-order valence-electron chi connectivity index (χ0n) is 11.7. The molecular formula is C15H23NO2S. The highest BCUT2D eigenvalue weighted by molar-refractivity contribution is 7.91. The minimum atomic E-state index is -3.17. The van der Waals surface area contributed by atoms with Gasteiger partial charge in [0.2, 0.25) is 0 Å². The van der Waals surface area contributed by atoms with Crippen LogP contribution in [0.25, 0.3) is 0 Å². The quantitative estimate of drug-likeness (QED) is 0.835. The van der Waals surface area contributed by atoms with Crippen molar-refractivity contribution in [3.8, 4) is 0 Å². The monoisotopic (exact) mass is 281 g/mol. The van der Waals surface area contributed by atoms with Crippen molar-refractivity contribution in [2.75, 3.05) is 12.3 Å². The van der Waals surface area contributed by atoms with Crippen LogP contribution in [0.2, 0.25) is 0 Å². The first-order chi connectivity index (χ1) is 9.03. The second kappa shape index (κ2) is 6.06. The van der Waals surface area contributed by atoms with Crippen LogP contribution in [0.1, 0.15) is 31.7 Å². The SMILES string of the molecule is CCCNC(CS(=O)(=O)c1ccc(C)cc1)C1CC1. The number of hydrogen-bond acceptors (Lipinski definition) is 3. The maximum absolute atomic E-state index is 12.4. The molecule has 1 unspecified atom stereocenters. The Morgan fingerprint density at radius 2 is 1.89 bits per heavy atom. The molecule has 1 fully saturated rings. The van der Waals surface area contributed by atoms with Crippen molar-refractivity contribution in [3.05, 3.63) is 29.8 Å². The van der Waals surface area contributed by atoms with Crippen LogP contribution < -0.4 is 5.32 Å². The normalized spacial score (nSPS) is 17.4. The number of aryl methyl sites for hydroxylation is 1. The lowest BCUT2D eigenvalue weighted by Gasteiger charge is -2.18. The third kappa shape index (κ3) is 4.05. The molecule has 0 saturated heterocycles. The first-order valence-electron chi connectivity index (χ1n) is 7.05. The van der Waals surface area contributed by atoms with Gasteiger partial charge in [0.15, 0.2) is 9.84 Å². The molecule has 0 radical (unpaired) electrons. The van der Waals surface area contributed by atoms with Gasteiger partial charge in [-0.25, -0.2) is 8.42 Å². The maximum Gasteiger partial charge on any atom is 0.179 e. The van der Waals surface area contributed by atoms with Gasteiger partial charge in [0.05, 0.1) is 10.6 Å². The van der Waals surface area contributed by atoms with Crippen molar-refractivity contribution in [2.45, 2.75) is 44.0 Å². The van der Waals surface area contributed by atoms with E-state index in [0.717, 1.165) is 31.4 Å². The highest BCUT2D eigenvalue weighted by Crippen LogP contribution is 2.34. The van der Waals surface area contributed by atoms with E-state index < -0.39 is 9.84 Å². The van der Waals surface area contributed by atoms with E-state index in [4.69, 9.17) is 0 Å². The lowest BCUT2D eigenvalue weighted by Crippen LogP contribution is -2.38. The van der Waals surface area contributed by atoms with Crippen LogP contribution >= 0.6 is 0 Å².